The second-order valence-electron chi connectivity index (χ2n) is 8.19. The second kappa shape index (κ2) is 8.78. The van der Waals surface area contributed by atoms with Crippen LogP contribution in [0, 0.1) is 11.8 Å². The summed E-state index contributed by atoms with van der Waals surface area (Å²) in [7, 11) is 3.97. The van der Waals surface area contributed by atoms with Crippen LogP contribution in [-0.2, 0) is 11.3 Å². The van der Waals surface area contributed by atoms with Gasteiger partial charge in [-0.2, -0.15) is 0 Å². The van der Waals surface area contributed by atoms with Crippen molar-refractivity contribution in [3.8, 4) is 11.5 Å². The number of hydrogen-bond donors (Lipinski definition) is 0. The maximum atomic E-state index is 6.24. The maximum Gasteiger partial charge on any atom is 0.165 e. The van der Waals surface area contributed by atoms with Crippen molar-refractivity contribution >= 4 is 0 Å². The quantitative estimate of drug-likeness (QED) is 0.717. The molecule has 3 aliphatic heterocycles. The second-order valence-corrected chi connectivity index (χ2v) is 8.19. The Hall–Kier alpha value is -1.34. The summed E-state index contributed by atoms with van der Waals surface area (Å²) < 4.78 is 17.3. The summed E-state index contributed by atoms with van der Waals surface area (Å²) in [6.45, 7) is 11.1. The van der Waals surface area contributed by atoms with E-state index in [1.807, 2.05) is 6.07 Å². The van der Waals surface area contributed by atoms with Crippen LogP contribution in [0.25, 0.3) is 0 Å². The smallest absolute Gasteiger partial charge is 0.165 e. The van der Waals surface area contributed by atoms with Crippen LogP contribution >= 0.6 is 0 Å². The molecule has 2 atom stereocenters. The molecule has 0 unspecified atom stereocenters. The van der Waals surface area contributed by atoms with E-state index in [9.17, 15) is 0 Å². The molecule has 0 aromatic heterocycles. The topological polar surface area (TPSA) is 37.4 Å². The van der Waals surface area contributed by atoms with Crippen LogP contribution in [0.1, 0.15) is 5.56 Å². The molecule has 0 amide bonds. The minimum atomic E-state index is 0.684. The number of benzene rings is 1. The molecule has 0 spiro atoms. The number of morpholine rings is 1. The summed E-state index contributed by atoms with van der Waals surface area (Å²) in [5, 5.41) is 0. The standard InChI is InChI=1S/C21H33N3O3/c1-22-12-18-15-24(16-19(18)13-22)14-17-4-3-5-20(25-2)21(17)27-11-8-23-6-9-26-10-7-23/h3-5,18-19H,6-16H2,1-2H3/t18-,19+. The Morgan fingerprint density at radius 3 is 2.48 bits per heavy atom. The fraction of sp³-hybridized carbons (Fsp3) is 0.714. The minimum Gasteiger partial charge on any atom is -0.493 e. The molecule has 150 valence electrons. The van der Waals surface area contributed by atoms with Crippen molar-refractivity contribution < 1.29 is 14.2 Å². The van der Waals surface area contributed by atoms with E-state index >= 15 is 0 Å². The van der Waals surface area contributed by atoms with E-state index in [0.29, 0.717) is 6.61 Å². The van der Waals surface area contributed by atoms with Gasteiger partial charge in [-0.3, -0.25) is 9.80 Å². The van der Waals surface area contributed by atoms with Crippen LogP contribution in [0.5, 0.6) is 11.5 Å². The fourth-order valence-electron chi connectivity index (χ4n) is 4.81. The Kier molecular flexibility index (Phi) is 6.18. The SMILES string of the molecule is COc1cccc(CN2C[C@H]3CN(C)C[C@H]3C2)c1OCCN1CCOCC1. The molecule has 1 aromatic carbocycles. The largest absolute Gasteiger partial charge is 0.493 e. The third-order valence-electron chi connectivity index (χ3n) is 6.18. The Balaban J connectivity index is 1.37. The first-order valence-electron chi connectivity index (χ1n) is 10.2. The number of methoxy groups -OCH3 is 1. The number of rotatable bonds is 7. The summed E-state index contributed by atoms with van der Waals surface area (Å²) in [6, 6.07) is 6.27. The molecule has 0 radical (unpaired) electrons. The number of para-hydroxylation sites is 1. The van der Waals surface area contributed by atoms with E-state index in [-0.39, 0.29) is 0 Å². The van der Waals surface area contributed by atoms with E-state index in [0.717, 1.165) is 62.7 Å². The zero-order chi connectivity index (χ0) is 18.6. The van der Waals surface area contributed by atoms with Crippen molar-refractivity contribution in [3.63, 3.8) is 0 Å². The van der Waals surface area contributed by atoms with E-state index in [1.54, 1.807) is 7.11 Å². The number of nitrogens with zero attached hydrogens (tertiary/aromatic N) is 3. The zero-order valence-corrected chi connectivity index (χ0v) is 16.7. The normalized spacial score (nSPS) is 27.0. The third kappa shape index (κ3) is 4.57. The average molecular weight is 376 g/mol. The van der Waals surface area contributed by atoms with Crippen molar-refractivity contribution in [1.29, 1.82) is 0 Å². The van der Waals surface area contributed by atoms with Gasteiger partial charge in [0.25, 0.3) is 0 Å². The van der Waals surface area contributed by atoms with Crippen molar-refractivity contribution in [2.24, 2.45) is 11.8 Å². The highest BCUT2D eigenvalue weighted by molar-refractivity contribution is 5.46. The van der Waals surface area contributed by atoms with Crippen molar-refractivity contribution in [2.75, 3.05) is 79.8 Å². The number of ether oxygens (including phenoxy) is 3. The predicted molar refractivity (Wildman–Crippen MR) is 106 cm³/mol. The van der Waals surface area contributed by atoms with Gasteiger partial charge in [0, 0.05) is 57.9 Å². The molecule has 6 heteroatoms. The monoisotopic (exact) mass is 375 g/mol. The molecule has 0 aliphatic carbocycles. The lowest BCUT2D eigenvalue weighted by atomic mass is 10.0. The van der Waals surface area contributed by atoms with Gasteiger partial charge in [-0.25, -0.2) is 0 Å². The van der Waals surface area contributed by atoms with Crippen LogP contribution < -0.4 is 9.47 Å². The lowest BCUT2D eigenvalue weighted by molar-refractivity contribution is 0.0320. The Morgan fingerprint density at radius 1 is 1.04 bits per heavy atom. The summed E-state index contributed by atoms with van der Waals surface area (Å²) in [5.41, 5.74) is 1.24. The predicted octanol–water partition coefficient (Wildman–Crippen LogP) is 1.40. The van der Waals surface area contributed by atoms with E-state index in [1.165, 1.54) is 31.7 Å². The molecule has 4 rings (SSSR count). The van der Waals surface area contributed by atoms with Crippen LogP contribution in [0.2, 0.25) is 0 Å². The Morgan fingerprint density at radius 2 is 1.78 bits per heavy atom. The van der Waals surface area contributed by atoms with E-state index < -0.39 is 0 Å². The van der Waals surface area contributed by atoms with Crippen LogP contribution in [-0.4, -0.2) is 94.5 Å². The Bertz CT molecular complexity index is 607. The Labute approximate surface area is 163 Å². The van der Waals surface area contributed by atoms with Gasteiger partial charge in [0.15, 0.2) is 11.5 Å². The summed E-state index contributed by atoms with van der Waals surface area (Å²) in [5.74, 6) is 3.41. The van der Waals surface area contributed by atoms with Gasteiger partial charge in [0.05, 0.1) is 20.3 Å². The van der Waals surface area contributed by atoms with Gasteiger partial charge >= 0.3 is 0 Å². The van der Waals surface area contributed by atoms with Gasteiger partial charge < -0.3 is 19.1 Å². The summed E-state index contributed by atoms with van der Waals surface area (Å²) in [6.07, 6.45) is 0. The van der Waals surface area contributed by atoms with E-state index in [2.05, 4.69) is 33.9 Å². The van der Waals surface area contributed by atoms with Gasteiger partial charge in [-0.05, 0) is 24.9 Å². The molecular weight excluding hydrogens is 342 g/mol. The van der Waals surface area contributed by atoms with Gasteiger partial charge in [-0.1, -0.05) is 12.1 Å². The highest BCUT2D eigenvalue weighted by atomic mass is 16.5. The highest BCUT2D eigenvalue weighted by Gasteiger charge is 2.38. The highest BCUT2D eigenvalue weighted by Crippen LogP contribution is 2.35. The third-order valence-corrected chi connectivity index (χ3v) is 6.18. The van der Waals surface area contributed by atoms with Crippen LogP contribution in [0.15, 0.2) is 18.2 Å². The van der Waals surface area contributed by atoms with Gasteiger partial charge in [0.2, 0.25) is 0 Å². The molecular formula is C21H33N3O3. The minimum absolute atomic E-state index is 0.684. The lowest BCUT2D eigenvalue weighted by Crippen LogP contribution is -2.38. The fourth-order valence-corrected chi connectivity index (χ4v) is 4.81. The molecule has 27 heavy (non-hydrogen) atoms. The number of hydrogen-bond acceptors (Lipinski definition) is 6. The molecule has 0 saturated carbocycles. The summed E-state index contributed by atoms with van der Waals surface area (Å²) >= 11 is 0. The first kappa shape index (κ1) is 19.0. The lowest BCUT2D eigenvalue weighted by Gasteiger charge is -2.27. The zero-order valence-electron chi connectivity index (χ0n) is 16.7. The molecule has 3 aliphatic rings. The van der Waals surface area contributed by atoms with Gasteiger partial charge in [-0.15, -0.1) is 0 Å². The van der Waals surface area contributed by atoms with Crippen molar-refractivity contribution in [3.05, 3.63) is 23.8 Å². The molecule has 0 bridgehead atoms. The van der Waals surface area contributed by atoms with Crippen molar-refractivity contribution in [2.45, 2.75) is 6.54 Å². The average Bonchev–Trinajstić information content (AvgIpc) is 3.20. The van der Waals surface area contributed by atoms with Crippen LogP contribution in [0.4, 0.5) is 0 Å². The molecule has 6 nitrogen and oxygen atoms in total. The number of fused-ring (bicyclic) bond motifs is 1. The summed E-state index contributed by atoms with van der Waals surface area (Å²) in [4.78, 5) is 7.46. The maximum absolute atomic E-state index is 6.24. The van der Waals surface area contributed by atoms with Crippen molar-refractivity contribution in [1.82, 2.24) is 14.7 Å². The van der Waals surface area contributed by atoms with Gasteiger partial charge in [0.1, 0.15) is 6.61 Å². The molecule has 3 fully saturated rings. The molecule has 3 saturated heterocycles. The first-order valence-corrected chi connectivity index (χ1v) is 10.2. The molecule has 1 aromatic rings. The molecule has 3 heterocycles. The van der Waals surface area contributed by atoms with E-state index in [4.69, 9.17) is 14.2 Å². The first-order chi connectivity index (χ1) is 13.2. The number of likely N-dealkylation sites (tertiary alicyclic amines) is 2. The van der Waals surface area contributed by atoms with Crippen LogP contribution in [0.3, 0.4) is 0 Å². The molecule has 0 N–H and O–H groups in total.